The predicted octanol–water partition coefficient (Wildman–Crippen LogP) is 8.61. The van der Waals surface area contributed by atoms with Crippen LogP contribution in [-0.4, -0.2) is 34.3 Å². The SMILES string of the molecule is COc1ccc(NC(=O)C2(N(Cc3ccc(C(F)(F)F)cc3)C(=O)C[C@H]3[C@@H](c4c(C)[nH]c5ccccc45)C3(C)C)CCCC2)cc1. The highest BCUT2D eigenvalue weighted by Crippen LogP contribution is 2.67. The summed E-state index contributed by atoms with van der Waals surface area (Å²) in [6.07, 6.45) is -1.76. The van der Waals surface area contributed by atoms with E-state index in [1.165, 1.54) is 17.7 Å². The second-order valence-electron chi connectivity index (χ2n) is 13.4. The molecule has 4 aromatic rings. The number of aromatic nitrogens is 1. The van der Waals surface area contributed by atoms with E-state index in [2.05, 4.69) is 43.2 Å². The van der Waals surface area contributed by atoms with E-state index in [-0.39, 0.29) is 42.0 Å². The number of alkyl halides is 3. The van der Waals surface area contributed by atoms with Crippen LogP contribution in [0.15, 0.2) is 72.8 Å². The highest BCUT2D eigenvalue weighted by Gasteiger charge is 2.60. The molecule has 2 aliphatic carbocycles. The zero-order chi connectivity index (χ0) is 32.9. The zero-order valence-electron chi connectivity index (χ0n) is 26.6. The Morgan fingerprint density at radius 2 is 1.63 bits per heavy atom. The maximum absolute atomic E-state index is 14.5. The molecule has 1 aromatic heterocycles. The number of carbonyl (C=O) groups is 2. The monoisotopic (exact) mass is 631 g/mol. The van der Waals surface area contributed by atoms with Crippen LogP contribution in [0, 0.1) is 18.3 Å². The van der Waals surface area contributed by atoms with Gasteiger partial charge in [0.05, 0.1) is 12.7 Å². The number of nitrogens with zero attached hydrogens (tertiary/aromatic N) is 1. The highest BCUT2D eigenvalue weighted by molar-refractivity contribution is 6.01. The Morgan fingerprint density at radius 1 is 0.978 bits per heavy atom. The number of halogens is 3. The first-order valence-corrected chi connectivity index (χ1v) is 15.8. The largest absolute Gasteiger partial charge is 0.497 e. The van der Waals surface area contributed by atoms with Crippen molar-refractivity contribution in [3.05, 3.63) is 95.2 Å². The number of rotatable bonds is 9. The van der Waals surface area contributed by atoms with E-state index in [4.69, 9.17) is 4.74 Å². The Kier molecular flexibility index (Phi) is 8.15. The first kappa shape index (κ1) is 31.7. The van der Waals surface area contributed by atoms with Gasteiger partial charge in [-0.2, -0.15) is 13.2 Å². The van der Waals surface area contributed by atoms with Crippen LogP contribution in [0.5, 0.6) is 5.75 Å². The summed E-state index contributed by atoms with van der Waals surface area (Å²) in [6, 6.07) is 20.1. The number of hydrogen-bond acceptors (Lipinski definition) is 3. The molecule has 0 aliphatic heterocycles. The van der Waals surface area contributed by atoms with Gasteiger partial charge in [-0.05, 0) is 90.6 Å². The highest BCUT2D eigenvalue weighted by atomic mass is 19.4. The van der Waals surface area contributed by atoms with Crippen LogP contribution in [0.3, 0.4) is 0 Å². The van der Waals surface area contributed by atoms with Gasteiger partial charge < -0.3 is 19.9 Å². The first-order chi connectivity index (χ1) is 21.8. The second kappa shape index (κ2) is 11.8. The van der Waals surface area contributed by atoms with Crippen LogP contribution in [0.4, 0.5) is 18.9 Å². The molecule has 6 rings (SSSR count). The summed E-state index contributed by atoms with van der Waals surface area (Å²) in [5, 5.41) is 4.18. The molecule has 0 unspecified atom stereocenters. The predicted molar refractivity (Wildman–Crippen MR) is 172 cm³/mol. The van der Waals surface area contributed by atoms with E-state index in [9.17, 15) is 22.8 Å². The summed E-state index contributed by atoms with van der Waals surface area (Å²) in [5.74, 6) is 0.392. The van der Waals surface area contributed by atoms with Gasteiger partial charge in [0.1, 0.15) is 11.3 Å². The quantitative estimate of drug-likeness (QED) is 0.194. The van der Waals surface area contributed by atoms with E-state index in [0.717, 1.165) is 41.6 Å². The fourth-order valence-corrected chi connectivity index (χ4v) is 7.66. The lowest BCUT2D eigenvalue weighted by Crippen LogP contribution is -2.57. The second-order valence-corrected chi connectivity index (χ2v) is 13.4. The van der Waals surface area contributed by atoms with Crippen LogP contribution in [0.2, 0.25) is 0 Å². The van der Waals surface area contributed by atoms with Crippen molar-refractivity contribution in [1.29, 1.82) is 0 Å². The summed E-state index contributed by atoms with van der Waals surface area (Å²) in [6.45, 7) is 6.46. The summed E-state index contributed by atoms with van der Waals surface area (Å²) in [5.41, 5.74) is 2.46. The number of fused-ring (bicyclic) bond motifs is 1. The molecule has 0 saturated heterocycles. The lowest BCUT2D eigenvalue weighted by atomic mass is 9.91. The number of amides is 2. The van der Waals surface area contributed by atoms with Crippen molar-refractivity contribution in [1.82, 2.24) is 9.88 Å². The Hall–Kier alpha value is -4.27. The Balaban J connectivity index is 1.32. The van der Waals surface area contributed by atoms with Gasteiger partial charge in [-0.25, -0.2) is 0 Å². The van der Waals surface area contributed by atoms with E-state index in [0.29, 0.717) is 29.8 Å². The molecule has 9 heteroatoms. The lowest BCUT2D eigenvalue weighted by molar-refractivity contribution is -0.146. The number of ether oxygens (including phenoxy) is 1. The molecule has 2 N–H and O–H groups in total. The fourth-order valence-electron chi connectivity index (χ4n) is 7.66. The van der Waals surface area contributed by atoms with Gasteiger partial charge in [-0.15, -0.1) is 0 Å². The van der Waals surface area contributed by atoms with Crippen molar-refractivity contribution in [2.75, 3.05) is 12.4 Å². The number of aromatic amines is 1. The molecule has 2 aliphatic rings. The number of H-pyrrole nitrogens is 1. The van der Waals surface area contributed by atoms with Crippen LogP contribution in [0.1, 0.15) is 74.3 Å². The molecule has 6 nitrogen and oxygen atoms in total. The Morgan fingerprint density at radius 3 is 2.26 bits per heavy atom. The van der Waals surface area contributed by atoms with Gasteiger partial charge in [-0.1, -0.05) is 57.0 Å². The van der Waals surface area contributed by atoms with E-state index >= 15 is 0 Å². The van der Waals surface area contributed by atoms with Gasteiger partial charge in [0.25, 0.3) is 0 Å². The minimum absolute atomic E-state index is 0.0381. The van der Waals surface area contributed by atoms with Gasteiger partial charge in [0.15, 0.2) is 0 Å². The lowest BCUT2D eigenvalue weighted by Gasteiger charge is -2.40. The van der Waals surface area contributed by atoms with Crippen LogP contribution in [0.25, 0.3) is 10.9 Å². The molecule has 2 atom stereocenters. The van der Waals surface area contributed by atoms with Crippen LogP contribution < -0.4 is 10.1 Å². The standard InChI is InChI=1S/C37H40F3N3O3/c1-23-32(28-9-5-6-10-30(28)41-23)33-29(35(33,2)3)21-31(44)43(22-24-11-13-25(14-12-24)37(38,39)40)36(19-7-8-20-36)34(45)42-26-15-17-27(46-4)18-16-26/h5-6,9-18,29,33,41H,7-8,19-22H2,1-4H3,(H,42,45)/t29-,33-/m0/s1. The maximum atomic E-state index is 14.5. The molecule has 2 amide bonds. The Labute approximate surface area is 267 Å². The molecule has 46 heavy (non-hydrogen) atoms. The average molecular weight is 632 g/mol. The molecule has 2 fully saturated rings. The number of methoxy groups -OCH3 is 1. The minimum Gasteiger partial charge on any atom is -0.497 e. The fraction of sp³-hybridized carbons (Fsp3) is 0.405. The average Bonchev–Trinajstić information content (AvgIpc) is 3.37. The normalized spacial score (nSPS) is 20.0. The number of para-hydroxylation sites is 1. The van der Waals surface area contributed by atoms with Crippen LogP contribution in [-0.2, 0) is 22.3 Å². The number of aryl methyl sites for hydroxylation is 1. The van der Waals surface area contributed by atoms with Crippen molar-refractivity contribution >= 4 is 28.4 Å². The summed E-state index contributed by atoms with van der Waals surface area (Å²) >= 11 is 0. The Bertz CT molecular complexity index is 1740. The zero-order valence-corrected chi connectivity index (χ0v) is 26.6. The topological polar surface area (TPSA) is 74.4 Å². The third-order valence-corrected chi connectivity index (χ3v) is 10.3. The summed E-state index contributed by atoms with van der Waals surface area (Å²) < 4.78 is 45.3. The van der Waals surface area contributed by atoms with Crippen molar-refractivity contribution in [2.45, 2.75) is 77.1 Å². The minimum atomic E-state index is -4.47. The molecule has 3 aromatic carbocycles. The third-order valence-electron chi connectivity index (χ3n) is 10.3. The number of hydrogen-bond donors (Lipinski definition) is 2. The molecule has 2 saturated carbocycles. The molecule has 0 radical (unpaired) electrons. The van der Waals surface area contributed by atoms with E-state index in [1.807, 2.05) is 12.1 Å². The maximum Gasteiger partial charge on any atom is 0.416 e. The number of anilines is 1. The number of nitrogens with one attached hydrogen (secondary N) is 2. The molecule has 0 spiro atoms. The number of carbonyl (C=O) groups excluding carboxylic acids is 2. The van der Waals surface area contributed by atoms with Gasteiger partial charge in [0, 0.05) is 35.2 Å². The molecule has 1 heterocycles. The van der Waals surface area contributed by atoms with Crippen LogP contribution >= 0.6 is 0 Å². The molecular formula is C37H40F3N3O3. The van der Waals surface area contributed by atoms with Gasteiger partial charge in [-0.3, -0.25) is 9.59 Å². The van der Waals surface area contributed by atoms with Crippen molar-refractivity contribution in [2.24, 2.45) is 11.3 Å². The summed E-state index contributed by atoms with van der Waals surface area (Å²) in [7, 11) is 1.57. The van der Waals surface area contributed by atoms with Gasteiger partial charge in [0.2, 0.25) is 11.8 Å². The smallest absolute Gasteiger partial charge is 0.416 e. The molecule has 0 bridgehead atoms. The van der Waals surface area contributed by atoms with Crippen molar-refractivity contribution in [3.8, 4) is 5.75 Å². The third kappa shape index (κ3) is 5.76. The van der Waals surface area contributed by atoms with Gasteiger partial charge >= 0.3 is 6.18 Å². The van der Waals surface area contributed by atoms with E-state index in [1.54, 1.807) is 36.3 Å². The first-order valence-electron chi connectivity index (χ1n) is 15.8. The van der Waals surface area contributed by atoms with Crippen molar-refractivity contribution in [3.63, 3.8) is 0 Å². The molecule has 242 valence electrons. The molecular weight excluding hydrogens is 591 g/mol. The number of benzene rings is 3. The van der Waals surface area contributed by atoms with Crippen molar-refractivity contribution < 1.29 is 27.5 Å². The van der Waals surface area contributed by atoms with E-state index < -0.39 is 17.3 Å². The summed E-state index contributed by atoms with van der Waals surface area (Å²) in [4.78, 5) is 33.9.